The van der Waals surface area contributed by atoms with Gasteiger partial charge in [0.05, 0.1) is 29.9 Å². The Morgan fingerprint density at radius 1 is 1.25 bits per heavy atom. The molecule has 0 spiro atoms. The number of carbonyl (C=O) groups excluding carboxylic acids is 2. The zero-order valence-electron chi connectivity index (χ0n) is 22.3. The number of aliphatic hydroxyl groups is 3. The van der Waals surface area contributed by atoms with Crippen molar-refractivity contribution < 1.29 is 38.8 Å². The third-order valence-corrected chi connectivity index (χ3v) is 7.22. The SMILES string of the molecule is CCC=CC(=O)N(Cc1ccccc1F)[C@@H]1CC(C(=O)NCCO)=C[C@H](Oc2c(I)cc(CO)cc2OC)[C@H]1O. The monoisotopic (exact) mass is 668 g/mol. The molecule has 4 N–H and O–H groups in total. The van der Waals surface area contributed by atoms with E-state index < -0.39 is 35.9 Å². The molecule has 0 aliphatic heterocycles. The molecule has 3 atom stereocenters. The highest BCUT2D eigenvalue weighted by atomic mass is 127. The highest BCUT2D eigenvalue weighted by Crippen LogP contribution is 2.37. The van der Waals surface area contributed by atoms with Crippen molar-refractivity contribution in [3.8, 4) is 11.5 Å². The summed E-state index contributed by atoms with van der Waals surface area (Å²) in [5.41, 5.74) is 1.09. The highest BCUT2D eigenvalue weighted by Gasteiger charge is 2.40. The summed E-state index contributed by atoms with van der Waals surface area (Å²) in [5.74, 6) is -0.842. The lowest BCUT2D eigenvalue weighted by Crippen LogP contribution is -2.54. The lowest BCUT2D eigenvalue weighted by atomic mass is 9.87. The summed E-state index contributed by atoms with van der Waals surface area (Å²) < 4.78 is 26.9. The molecule has 3 rings (SSSR count). The average Bonchev–Trinajstić information content (AvgIpc) is 2.96. The molecule has 1 aliphatic rings. The van der Waals surface area contributed by atoms with Gasteiger partial charge in [0, 0.05) is 30.6 Å². The van der Waals surface area contributed by atoms with Gasteiger partial charge in [-0.3, -0.25) is 9.59 Å². The van der Waals surface area contributed by atoms with E-state index in [2.05, 4.69) is 5.32 Å². The molecule has 9 nitrogen and oxygen atoms in total. The quantitative estimate of drug-likeness (QED) is 0.202. The van der Waals surface area contributed by atoms with Crippen LogP contribution in [0, 0.1) is 9.39 Å². The summed E-state index contributed by atoms with van der Waals surface area (Å²) in [6, 6.07) is 8.40. The van der Waals surface area contributed by atoms with Crippen molar-refractivity contribution in [3.05, 3.63) is 80.7 Å². The van der Waals surface area contributed by atoms with Gasteiger partial charge < -0.3 is 35.0 Å². The zero-order chi connectivity index (χ0) is 29.2. The molecule has 0 saturated heterocycles. The molecule has 0 heterocycles. The van der Waals surface area contributed by atoms with Crippen molar-refractivity contribution in [1.82, 2.24) is 10.2 Å². The van der Waals surface area contributed by atoms with Gasteiger partial charge in [0.1, 0.15) is 18.0 Å². The largest absolute Gasteiger partial charge is 0.493 e. The molecule has 2 amide bonds. The number of allylic oxidation sites excluding steroid dienone is 1. The first-order chi connectivity index (χ1) is 19.2. The van der Waals surface area contributed by atoms with Gasteiger partial charge in [0.25, 0.3) is 0 Å². The number of methoxy groups -OCH3 is 1. The van der Waals surface area contributed by atoms with Crippen LogP contribution >= 0.6 is 22.6 Å². The molecule has 0 saturated carbocycles. The van der Waals surface area contributed by atoms with Crippen LogP contribution in [-0.4, -0.2) is 70.5 Å². The van der Waals surface area contributed by atoms with Crippen molar-refractivity contribution in [1.29, 1.82) is 0 Å². The molecule has 0 unspecified atom stereocenters. The van der Waals surface area contributed by atoms with E-state index in [0.29, 0.717) is 21.3 Å². The van der Waals surface area contributed by atoms with Gasteiger partial charge in [0.15, 0.2) is 11.5 Å². The molecule has 2 aromatic rings. The van der Waals surface area contributed by atoms with Gasteiger partial charge in [-0.25, -0.2) is 4.39 Å². The number of aliphatic hydroxyl groups excluding tert-OH is 3. The van der Waals surface area contributed by atoms with Crippen molar-refractivity contribution in [2.24, 2.45) is 0 Å². The first-order valence-corrected chi connectivity index (χ1v) is 13.9. The van der Waals surface area contributed by atoms with Gasteiger partial charge in [-0.05, 0) is 64.9 Å². The summed E-state index contributed by atoms with van der Waals surface area (Å²) in [5, 5.41) is 32.9. The third-order valence-electron chi connectivity index (χ3n) is 6.42. The van der Waals surface area contributed by atoms with Crippen LogP contribution in [0.1, 0.15) is 30.9 Å². The summed E-state index contributed by atoms with van der Waals surface area (Å²) in [6.07, 6.45) is 2.68. The Bertz CT molecular complexity index is 1250. The van der Waals surface area contributed by atoms with Gasteiger partial charge in [-0.2, -0.15) is 0 Å². The maximum Gasteiger partial charge on any atom is 0.247 e. The van der Waals surface area contributed by atoms with Crippen molar-refractivity contribution >= 4 is 34.4 Å². The maximum atomic E-state index is 14.7. The predicted octanol–water partition coefficient (Wildman–Crippen LogP) is 2.84. The fraction of sp³-hybridized carbons (Fsp3) is 0.379. The second-order valence-corrected chi connectivity index (χ2v) is 10.3. The smallest absolute Gasteiger partial charge is 0.247 e. The van der Waals surface area contributed by atoms with Crippen LogP contribution in [0.4, 0.5) is 4.39 Å². The van der Waals surface area contributed by atoms with Crippen LogP contribution in [-0.2, 0) is 22.7 Å². The molecule has 216 valence electrons. The second-order valence-electron chi connectivity index (χ2n) is 9.15. The molecular weight excluding hydrogens is 634 g/mol. The summed E-state index contributed by atoms with van der Waals surface area (Å²) in [6.45, 7) is 1.26. The molecule has 0 bridgehead atoms. The van der Waals surface area contributed by atoms with Crippen LogP contribution in [0.2, 0.25) is 0 Å². The fourth-order valence-corrected chi connectivity index (χ4v) is 5.17. The third kappa shape index (κ3) is 7.80. The van der Waals surface area contributed by atoms with E-state index in [9.17, 15) is 29.3 Å². The van der Waals surface area contributed by atoms with Gasteiger partial charge in [-0.15, -0.1) is 0 Å². The van der Waals surface area contributed by atoms with E-state index in [-0.39, 0.29) is 49.6 Å². The maximum absolute atomic E-state index is 14.7. The van der Waals surface area contributed by atoms with Crippen molar-refractivity contribution in [3.63, 3.8) is 0 Å². The highest BCUT2D eigenvalue weighted by molar-refractivity contribution is 14.1. The minimum absolute atomic E-state index is 0.0143. The number of nitrogens with one attached hydrogen (secondary N) is 1. The summed E-state index contributed by atoms with van der Waals surface area (Å²) >= 11 is 2.02. The number of carbonyl (C=O) groups is 2. The molecule has 0 fully saturated rings. The van der Waals surface area contributed by atoms with Crippen molar-refractivity contribution in [2.75, 3.05) is 20.3 Å². The van der Waals surface area contributed by atoms with E-state index in [1.165, 1.54) is 30.2 Å². The molecule has 0 aromatic heterocycles. The zero-order valence-corrected chi connectivity index (χ0v) is 24.5. The number of nitrogens with zero attached hydrogens (tertiary/aromatic N) is 1. The Kier molecular flexibility index (Phi) is 11.9. The topological polar surface area (TPSA) is 129 Å². The van der Waals surface area contributed by atoms with E-state index in [1.807, 2.05) is 29.5 Å². The van der Waals surface area contributed by atoms with Gasteiger partial charge in [-0.1, -0.05) is 31.2 Å². The Morgan fingerprint density at radius 2 is 2.00 bits per heavy atom. The standard InChI is InChI=1S/C29H34FIN2O7/c1-3-4-9-26(36)33(16-19-7-5-6-8-21(19)30)23-14-20(29(38)32-10-11-34)15-24(27(23)37)40-28-22(31)12-18(17-35)13-25(28)39-2/h4-9,12-13,15,23-24,27,34-35,37H,3,10-11,14,16-17H2,1-2H3,(H,32,38)/t23-,24+,27+/m1/s1. The first-order valence-electron chi connectivity index (χ1n) is 12.9. The van der Waals surface area contributed by atoms with E-state index in [0.717, 1.165) is 0 Å². The number of halogens is 2. The predicted molar refractivity (Wildman–Crippen MR) is 155 cm³/mol. The number of hydrogen-bond donors (Lipinski definition) is 4. The number of amides is 2. The van der Waals surface area contributed by atoms with Crippen LogP contribution < -0.4 is 14.8 Å². The van der Waals surface area contributed by atoms with E-state index in [4.69, 9.17) is 9.47 Å². The average molecular weight is 669 g/mol. The minimum Gasteiger partial charge on any atom is -0.493 e. The van der Waals surface area contributed by atoms with E-state index >= 15 is 0 Å². The minimum atomic E-state index is -1.31. The van der Waals surface area contributed by atoms with Crippen LogP contribution in [0.3, 0.4) is 0 Å². The molecule has 0 radical (unpaired) electrons. The second kappa shape index (κ2) is 15.1. The number of hydrogen-bond acceptors (Lipinski definition) is 7. The molecular formula is C29H34FIN2O7. The van der Waals surface area contributed by atoms with Gasteiger partial charge in [0.2, 0.25) is 11.8 Å². The Labute approximate surface area is 246 Å². The Balaban J connectivity index is 2.06. The lowest BCUT2D eigenvalue weighted by molar-refractivity contribution is -0.134. The molecule has 2 aromatic carbocycles. The number of benzene rings is 2. The lowest BCUT2D eigenvalue weighted by Gasteiger charge is -2.40. The van der Waals surface area contributed by atoms with Crippen LogP contribution in [0.25, 0.3) is 0 Å². The Hall–Kier alpha value is -3.00. The van der Waals surface area contributed by atoms with Gasteiger partial charge >= 0.3 is 0 Å². The van der Waals surface area contributed by atoms with Crippen LogP contribution in [0.15, 0.2) is 60.2 Å². The van der Waals surface area contributed by atoms with E-state index in [1.54, 1.807) is 36.4 Å². The number of ether oxygens (including phenoxy) is 2. The van der Waals surface area contributed by atoms with Crippen LogP contribution in [0.5, 0.6) is 11.5 Å². The van der Waals surface area contributed by atoms with Crippen molar-refractivity contribution in [2.45, 2.75) is 51.2 Å². The number of rotatable bonds is 12. The Morgan fingerprint density at radius 3 is 2.65 bits per heavy atom. The summed E-state index contributed by atoms with van der Waals surface area (Å²) in [4.78, 5) is 27.7. The first kappa shape index (κ1) is 31.5. The summed E-state index contributed by atoms with van der Waals surface area (Å²) in [7, 11) is 1.44. The molecule has 1 aliphatic carbocycles. The molecule has 40 heavy (non-hydrogen) atoms. The fourth-order valence-electron chi connectivity index (χ4n) is 4.38. The molecule has 11 heteroatoms. The normalized spacial score (nSPS) is 18.8.